The largest absolute Gasteiger partial charge is 0.469 e. The molecule has 0 aromatic heterocycles. The van der Waals surface area contributed by atoms with Crippen LogP contribution in [0.1, 0.15) is 66.2 Å². The molecule has 3 atom stereocenters. The number of rotatable bonds is 6. The van der Waals surface area contributed by atoms with Crippen LogP contribution in [-0.4, -0.2) is 31.9 Å². The number of hydrogen-bond acceptors (Lipinski definition) is 5. The predicted molar refractivity (Wildman–Crippen MR) is 86.7 cm³/mol. The average molecular weight is 326 g/mol. The molecule has 1 rings (SSSR count). The van der Waals surface area contributed by atoms with Crippen LogP contribution in [0.3, 0.4) is 0 Å². The summed E-state index contributed by atoms with van der Waals surface area (Å²) in [6, 6.07) is 0. The molecule has 1 aliphatic carbocycles. The van der Waals surface area contributed by atoms with Gasteiger partial charge < -0.3 is 9.47 Å². The van der Waals surface area contributed by atoms with Gasteiger partial charge in [-0.1, -0.05) is 33.1 Å². The number of carbonyl (C=O) groups excluding carboxylic acids is 3. The molecule has 1 fully saturated rings. The van der Waals surface area contributed by atoms with Gasteiger partial charge in [0.05, 0.1) is 19.6 Å². The van der Waals surface area contributed by atoms with Gasteiger partial charge in [0.25, 0.3) is 0 Å². The van der Waals surface area contributed by atoms with Crippen molar-refractivity contribution in [2.75, 3.05) is 14.2 Å². The number of hydrogen-bond donors (Lipinski definition) is 0. The van der Waals surface area contributed by atoms with E-state index < -0.39 is 22.2 Å². The van der Waals surface area contributed by atoms with E-state index in [0.717, 1.165) is 19.3 Å². The van der Waals surface area contributed by atoms with Gasteiger partial charge in [-0.05, 0) is 33.1 Å². The van der Waals surface area contributed by atoms with Gasteiger partial charge in [0, 0.05) is 5.41 Å². The van der Waals surface area contributed by atoms with Gasteiger partial charge in [0.1, 0.15) is 5.41 Å². The lowest BCUT2D eigenvalue weighted by molar-refractivity contribution is -0.176. The van der Waals surface area contributed by atoms with E-state index in [9.17, 15) is 14.4 Å². The molecule has 0 N–H and O–H groups in total. The molecule has 5 nitrogen and oxygen atoms in total. The van der Waals surface area contributed by atoms with Gasteiger partial charge in [0.15, 0.2) is 5.78 Å². The summed E-state index contributed by atoms with van der Waals surface area (Å²) in [5, 5.41) is 0. The number of Topliss-reactive ketones (excluding diaryl/α,β-unsaturated/α-hetero) is 1. The van der Waals surface area contributed by atoms with Crippen molar-refractivity contribution in [2.24, 2.45) is 16.2 Å². The minimum absolute atomic E-state index is 0.116. The average Bonchev–Trinajstić information content (AvgIpc) is 2.51. The first kappa shape index (κ1) is 19.7. The van der Waals surface area contributed by atoms with Gasteiger partial charge in [-0.25, -0.2) is 0 Å². The fourth-order valence-electron chi connectivity index (χ4n) is 4.28. The van der Waals surface area contributed by atoms with Crippen LogP contribution in [0.15, 0.2) is 0 Å². The second-order valence-electron chi connectivity index (χ2n) is 7.58. The molecule has 0 radical (unpaired) electrons. The normalized spacial score (nSPS) is 34.1. The molecule has 0 aromatic carbocycles. The van der Waals surface area contributed by atoms with Gasteiger partial charge in [-0.3, -0.25) is 14.4 Å². The minimum atomic E-state index is -1.31. The van der Waals surface area contributed by atoms with Crippen LogP contribution in [0, 0.1) is 16.2 Å². The van der Waals surface area contributed by atoms with Crippen molar-refractivity contribution < 1.29 is 23.9 Å². The molecule has 132 valence electrons. The van der Waals surface area contributed by atoms with E-state index in [0.29, 0.717) is 12.8 Å². The molecule has 0 saturated heterocycles. The topological polar surface area (TPSA) is 69.7 Å². The van der Waals surface area contributed by atoms with Crippen molar-refractivity contribution in [1.82, 2.24) is 0 Å². The Hall–Kier alpha value is -1.39. The second kappa shape index (κ2) is 7.02. The Morgan fingerprint density at radius 1 is 1.00 bits per heavy atom. The van der Waals surface area contributed by atoms with E-state index >= 15 is 0 Å². The van der Waals surface area contributed by atoms with Crippen LogP contribution in [0.2, 0.25) is 0 Å². The Bertz CT molecular complexity index is 486. The zero-order chi connectivity index (χ0) is 17.9. The maximum Gasteiger partial charge on any atom is 0.319 e. The Morgan fingerprint density at radius 2 is 1.57 bits per heavy atom. The maximum atomic E-state index is 13.1. The van der Waals surface area contributed by atoms with Crippen LogP contribution in [0.25, 0.3) is 0 Å². The summed E-state index contributed by atoms with van der Waals surface area (Å²) in [6.07, 6.45) is 4.16. The summed E-state index contributed by atoms with van der Waals surface area (Å²) in [5.41, 5.74) is -2.90. The van der Waals surface area contributed by atoms with Crippen molar-refractivity contribution in [3.8, 4) is 0 Å². The smallest absolute Gasteiger partial charge is 0.319 e. The van der Waals surface area contributed by atoms with E-state index in [1.54, 1.807) is 13.8 Å². The monoisotopic (exact) mass is 326 g/mol. The summed E-state index contributed by atoms with van der Waals surface area (Å²) < 4.78 is 9.83. The fraction of sp³-hybridized carbons (Fsp3) is 0.833. The highest BCUT2D eigenvalue weighted by molar-refractivity contribution is 6.07. The highest BCUT2D eigenvalue weighted by Gasteiger charge is 2.61. The first-order valence-electron chi connectivity index (χ1n) is 8.31. The maximum absolute atomic E-state index is 13.1. The lowest BCUT2D eigenvalue weighted by Gasteiger charge is -2.48. The van der Waals surface area contributed by atoms with Crippen molar-refractivity contribution in [3.05, 3.63) is 0 Å². The highest BCUT2D eigenvalue weighted by atomic mass is 16.5. The standard InChI is InChI=1S/C18H30O5/c1-7-8-9-10-16(2)11-17(3,14(20)22-5)12-18(4,13(16)19)15(21)23-6/h7-12H2,1-6H3. The third-order valence-corrected chi connectivity index (χ3v) is 5.22. The van der Waals surface area contributed by atoms with E-state index in [2.05, 4.69) is 6.92 Å². The number of unbranched alkanes of at least 4 members (excludes halogenated alkanes) is 2. The second-order valence-corrected chi connectivity index (χ2v) is 7.58. The van der Waals surface area contributed by atoms with Crippen LogP contribution < -0.4 is 0 Å². The first-order chi connectivity index (χ1) is 10.6. The molecular weight excluding hydrogens is 296 g/mol. The van der Waals surface area contributed by atoms with Crippen LogP contribution in [-0.2, 0) is 23.9 Å². The summed E-state index contributed by atoms with van der Waals surface area (Å²) in [5.74, 6) is -1.06. The Kier molecular flexibility index (Phi) is 6.00. The summed E-state index contributed by atoms with van der Waals surface area (Å²) in [6.45, 7) is 7.35. The lowest BCUT2D eigenvalue weighted by atomic mass is 9.52. The van der Waals surface area contributed by atoms with E-state index in [1.165, 1.54) is 14.2 Å². The third-order valence-electron chi connectivity index (χ3n) is 5.22. The number of ether oxygens (including phenoxy) is 2. The molecule has 1 aliphatic rings. The molecule has 23 heavy (non-hydrogen) atoms. The van der Waals surface area contributed by atoms with Crippen LogP contribution in [0.4, 0.5) is 0 Å². The first-order valence-corrected chi connectivity index (χ1v) is 8.31. The van der Waals surface area contributed by atoms with Gasteiger partial charge in [-0.15, -0.1) is 0 Å². The van der Waals surface area contributed by atoms with E-state index in [1.807, 2.05) is 6.92 Å². The summed E-state index contributed by atoms with van der Waals surface area (Å²) in [4.78, 5) is 37.8. The highest BCUT2D eigenvalue weighted by Crippen LogP contribution is 2.54. The lowest BCUT2D eigenvalue weighted by Crippen LogP contribution is -2.56. The zero-order valence-corrected chi connectivity index (χ0v) is 15.3. The molecule has 0 heterocycles. The van der Waals surface area contributed by atoms with Gasteiger partial charge in [-0.2, -0.15) is 0 Å². The van der Waals surface area contributed by atoms with Crippen LogP contribution in [0.5, 0.6) is 0 Å². The summed E-state index contributed by atoms with van der Waals surface area (Å²) in [7, 11) is 2.62. The van der Waals surface area contributed by atoms with Crippen molar-refractivity contribution in [2.45, 2.75) is 66.2 Å². The van der Waals surface area contributed by atoms with Gasteiger partial charge >= 0.3 is 11.9 Å². The minimum Gasteiger partial charge on any atom is -0.469 e. The van der Waals surface area contributed by atoms with E-state index in [4.69, 9.17) is 9.47 Å². The van der Waals surface area contributed by atoms with Crippen LogP contribution >= 0.6 is 0 Å². The van der Waals surface area contributed by atoms with Crippen molar-refractivity contribution >= 4 is 17.7 Å². The molecule has 0 aliphatic heterocycles. The molecule has 3 unspecified atom stereocenters. The van der Waals surface area contributed by atoms with Gasteiger partial charge in [0.2, 0.25) is 0 Å². The SMILES string of the molecule is CCCCCC1(C)CC(C)(C(=O)OC)CC(C)(C(=O)OC)C1=O. The summed E-state index contributed by atoms with van der Waals surface area (Å²) >= 11 is 0. The number of carbonyl (C=O) groups is 3. The molecule has 1 saturated carbocycles. The Morgan fingerprint density at radius 3 is 2.04 bits per heavy atom. The number of ketones is 1. The molecule has 0 aromatic rings. The molecule has 0 spiro atoms. The Labute approximate surface area is 139 Å². The van der Waals surface area contributed by atoms with Crippen molar-refractivity contribution in [1.29, 1.82) is 0 Å². The molecular formula is C18H30O5. The molecule has 0 amide bonds. The zero-order valence-electron chi connectivity index (χ0n) is 15.3. The fourth-order valence-corrected chi connectivity index (χ4v) is 4.28. The predicted octanol–water partition coefficient (Wildman–Crippen LogP) is 3.29. The molecule has 5 heteroatoms. The quantitative estimate of drug-likeness (QED) is 0.425. The molecule has 0 bridgehead atoms. The number of esters is 2. The van der Waals surface area contributed by atoms with E-state index in [-0.39, 0.29) is 18.2 Å². The third kappa shape index (κ3) is 3.59. The van der Waals surface area contributed by atoms with Crippen molar-refractivity contribution in [3.63, 3.8) is 0 Å². The number of methoxy groups -OCH3 is 2. The Balaban J connectivity index is 3.27.